The third-order valence-electron chi connectivity index (χ3n) is 2.10. The van der Waals surface area contributed by atoms with Gasteiger partial charge in [-0.05, 0) is 25.1 Å². The number of nitrogens with zero attached hydrogens (tertiary/aromatic N) is 1. The number of nitrogens with two attached hydrogens (primary N) is 1. The number of benzene rings is 1. The molecular weight excluding hydrogens is 225 g/mol. The largest absolute Gasteiger partial charge is 0.432 e. The van der Waals surface area contributed by atoms with Crippen LogP contribution in [0.2, 0.25) is 0 Å². The average molecular weight is 235 g/mol. The lowest BCUT2D eigenvalue weighted by Crippen LogP contribution is -2.14. The number of oxazole rings is 1. The van der Waals surface area contributed by atoms with Gasteiger partial charge in [-0.15, -0.1) is 0 Å². The Balaban J connectivity index is 2.22. The van der Waals surface area contributed by atoms with E-state index in [1.165, 1.54) is 18.4 Å². The van der Waals surface area contributed by atoms with Gasteiger partial charge in [0, 0.05) is 5.69 Å². The van der Waals surface area contributed by atoms with Gasteiger partial charge >= 0.3 is 6.01 Å². The molecule has 1 aromatic carbocycles. The van der Waals surface area contributed by atoms with E-state index in [4.69, 9.17) is 10.2 Å². The summed E-state index contributed by atoms with van der Waals surface area (Å²) in [4.78, 5) is 15.6. The molecule has 0 aliphatic rings. The minimum absolute atomic E-state index is 0.0425. The van der Waals surface area contributed by atoms with Crippen molar-refractivity contribution < 1.29 is 13.6 Å². The fourth-order valence-corrected chi connectivity index (χ4v) is 1.30. The lowest BCUT2D eigenvalue weighted by Gasteiger charge is -2.04. The van der Waals surface area contributed by atoms with Gasteiger partial charge in [0.15, 0.2) is 0 Å². The second-order valence-electron chi connectivity index (χ2n) is 3.48. The van der Waals surface area contributed by atoms with Crippen LogP contribution in [0.5, 0.6) is 0 Å². The van der Waals surface area contributed by atoms with Crippen molar-refractivity contribution in [2.24, 2.45) is 0 Å². The van der Waals surface area contributed by atoms with E-state index in [2.05, 4.69) is 10.3 Å². The molecule has 0 aliphatic heterocycles. The van der Waals surface area contributed by atoms with Crippen LogP contribution in [0.25, 0.3) is 0 Å². The normalized spacial score (nSPS) is 10.2. The highest BCUT2D eigenvalue weighted by atomic mass is 19.1. The number of halogens is 1. The Morgan fingerprint density at radius 3 is 2.94 bits per heavy atom. The fourth-order valence-electron chi connectivity index (χ4n) is 1.30. The van der Waals surface area contributed by atoms with Crippen LogP contribution in [0, 0.1) is 12.7 Å². The summed E-state index contributed by atoms with van der Waals surface area (Å²) in [6, 6.07) is 3.61. The molecule has 2 rings (SSSR count). The molecule has 0 saturated heterocycles. The van der Waals surface area contributed by atoms with Gasteiger partial charge in [0.1, 0.15) is 12.1 Å². The number of carbonyl (C=O) groups excluding carboxylic acids is 1. The van der Waals surface area contributed by atoms with Crippen molar-refractivity contribution in [3.8, 4) is 0 Å². The number of carbonyl (C=O) groups is 1. The first-order valence-electron chi connectivity index (χ1n) is 4.85. The SMILES string of the molecule is Cc1coc(NC(=O)c2cc(F)ccc2N)n1. The minimum Gasteiger partial charge on any atom is -0.432 e. The Bertz CT molecular complexity index is 566. The molecule has 0 saturated carbocycles. The van der Waals surface area contributed by atoms with E-state index in [-0.39, 0.29) is 17.3 Å². The number of aromatic nitrogens is 1. The maximum atomic E-state index is 13.0. The van der Waals surface area contributed by atoms with Gasteiger partial charge in [-0.3, -0.25) is 10.1 Å². The summed E-state index contributed by atoms with van der Waals surface area (Å²) in [7, 11) is 0. The summed E-state index contributed by atoms with van der Waals surface area (Å²) in [5.74, 6) is -1.10. The van der Waals surface area contributed by atoms with Crippen molar-refractivity contribution in [3.63, 3.8) is 0 Å². The summed E-state index contributed by atoms with van der Waals surface area (Å²) >= 11 is 0. The fraction of sp³-hybridized carbons (Fsp3) is 0.0909. The van der Waals surface area contributed by atoms with E-state index in [1.807, 2.05) is 0 Å². The molecule has 0 aliphatic carbocycles. The summed E-state index contributed by atoms with van der Waals surface area (Å²) in [6.45, 7) is 1.72. The molecule has 0 bridgehead atoms. The van der Waals surface area contributed by atoms with Crippen molar-refractivity contribution in [3.05, 3.63) is 41.5 Å². The van der Waals surface area contributed by atoms with E-state index >= 15 is 0 Å². The smallest absolute Gasteiger partial charge is 0.301 e. The Morgan fingerprint density at radius 1 is 1.53 bits per heavy atom. The zero-order valence-electron chi connectivity index (χ0n) is 9.03. The Hall–Kier alpha value is -2.37. The van der Waals surface area contributed by atoms with Gasteiger partial charge in [-0.2, -0.15) is 4.98 Å². The van der Waals surface area contributed by atoms with Gasteiger partial charge in [0.05, 0.1) is 11.3 Å². The monoisotopic (exact) mass is 235 g/mol. The van der Waals surface area contributed by atoms with Crippen LogP contribution in [0.3, 0.4) is 0 Å². The first kappa shape index (κ1) is 11.1. The molecule has 2 aromatic rings. The summed E-state index contributed by atoms with van der Waals surface area (Å²) in [5.41, 5.74) is 6.43. The minimum atomic E-state index is -0.566. The van der Waals surface area contributed by atoms with Crippen LogP contribution in [-0.4, -0.2) is 10.9 Å². The van der Waals surface area contributed by atoms with Crippen molar-refractivity contribution in [2.45, 2.75) is 6.92 Å². The Kier molecular flexibility index (Phi) is 2.78. The summed E-state index contributed by atoms with van der Waals surface area (Å²) in [6.07, 6.45) is 1.39. The number of hydrogen-bond donors (Lipinski definition) is 2. The molecule has 3 N–H and O–H groups in total. The first-order valence-corrected chi connectivity index (χ1v) is 4.85. The Labute approximate surface area is 96.4 Å². The first-order chi connectivity index (χ1) is 8.06. The van der Waals surface area contributed by atoms with Gasteiger partial charge in [0.25, 0.3) is 5.91 Å². The highest BCUT2D eigenvalue weighted by Crippen LogP contribution is 2.15. The number of rotatable bonds is 2. The quantitative estimate of drug-likeness (QED) is 0.779. The van der Waals surface area contributed by atoms with E-state index in [0.29, 0.717) is 5.69 Å². The van der Waals surface area contributed by atoms with Crippen LogP contribution in [0.1, 0.15) is 16.1 Å². The second kappa shape index (κ2) is 4.25. The van der Waals surface area contributed by atoms with Crippen LogP contribution in [-0.2, 0) is 0 Å². The molecule has 1 heterocycles. The van der Waals surface area contributed by atoms with Crippen LogP contribution < -0.4 is 11.1 Å². The number of aryl methyl sites for hydroxylation is 1. The summed E-state index contributed by atoms with van der Waals surface area (Å²) in [5, 5.41) is 2.38. The third-order valence-corrected chi connectivity index (χ3v) is 2.10. The van der Waals surface area contributed by atoms with Gasteiger partial charge in [-0.1, -0.05) is 0 Å². The highest BCUT2D eigenvalue weighted by molar-refractivity contribution is 6.06. The molecular formula is C11H10FN3O2. The van der Waals surface area contributed by atoms with E-state index in [0.717, 1.165) is 6.07 Å². The summed E-state index contributed by atoms with van der Waals surface area (Å²) < 4.78 is 17.9. The van der Waals surface area contributed by atoms with Gasteiger partial charge in [0.2, 0.25) is 0 Å². The molecule has 6 heteroatoms. The zero-order chi connectivity index (χ0) is 12.4. The van der Waals surface area contributed by atoms with E-state index < -0.39 is 11.7 Å². The van der Waals surface area contributed by atoms with Gasteiger partial charge in [-0.25, -0.2) is 4.39 Å². The predicted octanol–water partition coefficient (Wildman–Crippen LogP) is 1.96. The van der Waals surface area contributed by atoms with Crippen molar-refractivity contribution in [1.82, 2.24) is 4.98 Å². The third kappa shape index (κ3) is 2.41. The maximum Gasteiger partial charge on any atom is 0.301 e. The number of anilines is 2. The molecule has 1 aromatic heterocycles. The molecule has 17 heavy (non-hydrogen) atoms. The molecule has 88 valence electrons. The topological polar surface area (TPSA) is 81.2 Å². The van der Waals surface area contributed by atoms with Crippen molar-refractivity contribution >= 4 is 17.6 Å². The number of amides is 1. The van der Waals surface area contributed by atoms with Crippen molar-refractivity contribution in [2.75, 3.05) is 11.1 Å². The molecule has 5 nitrogen and oxygen atoms in total. The van der Waals surface area contributed by atoms with Crippen LogP contribution in [0.15, 0.2) is 28.9 Å². The molecule has 0 unspecified atom stereocenters. The standard InChI is InChI=1S/C11H10FN3O2/c1-6-5-17-11(14-6)15-10(16)8-4-7(12)2-3-9(8)13/h2-5H,13H2,1H3,(H,14,15,16). The lowest BCUT2D eigenvalue weighted by molar-refractivity contribution is 0.102. The van der Waals surface area contributed by atoms with Crippen LogP contribution >= 0.6 is 0 Å². The average Bonchev–Trinajstić information content (AvgIpc) is 2.67. The van der Waals surface area contributed by atoms with E-state index in [9.17, 15) is 9.18 Å². The predicted molar refractivity (Wildman–Crippen MR) is 60.0 cm³/mol. The number of nitrogens with one attached hydrogen (secondary N) is 1. The molecule has 0 spiro atoms. The Morgan fingerprint density at radius 2 is 2.29 bits per heavy atom. The van der Waals surface area contributed by atoms with Crippen molar-refractivity contribution in [1.29, 1.82) is 0 Å². The van der Waals surface area contributed by atoms with E-state index in [1.54, 1.807) is 6.92 Å². The molecule has 1 amide bonds. The number of nitrogen functional groups attached to an aromatic ring is 1. The van der Waals surface area contributed by atoms with Gasteiger partial charge < -0.3 is 10.2 Å². The lowest BCUT2D eigenvalue weighted by atomic mass is 10.1. The van der Waals surface area contributed by atoms with Crippen LogP contribution in [0.4, 0.5) is 16.1 Å². The second-order valence-corrected chi connectivity index (χ2v) is 3.48. The molecule has 0 fully saturated rings. The number of hydrogen-bond acceptors (Lipinski definition) is 4. The molecule has 0 atom stereocenters. The molecule has 0 radical (unpaired) electrons. The maximum absolute atomic E-state index is 13.0. The highest BCUT2D eigenvalue weighted by Gasteiger charge is 2.13. The zero-order valence-corrected chi connectivity index (χ0v) is 9.03.